The molecule has 1 amide bonds. The van der Waals surface area contributed by atoms with Crippen LogP contribution in [-0.2, 0) is 9.59 Å². The van der Waals surface area contributed by atoms with E-state index >= 15 is 0 Å². The number of rotatable bonds is 3. The lowest BCUT2D eigenvalue weighted by Gasteiger charge is -2.35. The van der Waals surface area contributed by atoms with Crippen molar-refractivity contribution >= 4 is 11.7 Å². The molecule has 1 heterocycles. The third-order valence-electron chi connectivity index (χ3n) is 3.18. The summed E-state index contributed by atoms with van der Waals surface area (Å²) in [6, 6.07) is 0.340. The highest BCUT2D eigenvalue weighted by Crippen LogP contribution is 2.20. The summed E-state index contributed by atoms with van der Waals surface area (Å²) in [7, 11) is 3.85. The Hall–Kier alpha value is -1.11. The number of carbonyl (C=O) groups excluding carboxylic acids is 2. The molecule has 4 nitrogen and oxygen atoms in total. The van der Waals surface area contributed by atoms with Crippen molar-refractivity contribution in [2.24, 2.45) is 0 Å². The van der Waals surface area contributed by atoms with Gasteiger partial charge in [-0.1, -0.05) is 0 Å². The summed E-state index contributed by atoms with van der Waals surface area (Å²) in [5.41, 5.74) is 0. The van der Waals surface area contributed by atoms with Crippen molar-refractivity contribution in [2.75, 3.05) is 27.2 Å². The standard InChI is InChI=1S/C11H17F3N2O2/c1-15(2)8-3-5-16(6-4-8)10(18)7-9(17)11(12,13)14/h8H,3-7H2,1-2H3. The number of alkyl halides is 3. The van der Waals surface area contributed by atoms with Gasteiger partial charge in [-0.15, -0.1) is 0 Å². The Balaban J connectivity index is 2.44. The summed E-state index contributed by atoms with van der Waals surface area (Å²) in [5.74, 6) is -2.70. The van der Waals surface area contributed by atoms with Gasteiger partial charge in [-0.05, 0) is 26.9 Å². The quantitative estimate of drug-likeness (QED) is 0.717. The zero-order valence-electron chi connectivity index (χ0n) is 10.5. The fourth-order valence-corrected chi connectivity index (χ4v) is 1.98. The first kappa shape index (κ1) is 14.9. The molecule has 104 valence electrons. The van der Waals surface area contributed by atoms with Crippen LogP contribution in [-0.4, -0.2) is 60.9 Å². The molecule has 1 aliphatic rings. The van der Waals surface area contributed by atoms with E-state index in [0.717, 1.165) is 12.8 Å². The summed E-state index contributed by atoms with van der Waals surface area (Å²) in [6.45, 7) is 0.819. The van der Waals surface area contributed by atoms with Crippen LogP contribution in [0.1, 0.15) is 19.3 Å². The molecule has 1 fully saturated rings. The van der Waals surface area contributed by atoms with Crippen LogP contribution >= 0.6 is 0 Å². The second kappa shape index (κ2) is 5.69. The Morgan fingerprint density at radius 1 is 1.22 bits per heavy atom. The lowest BCUT2D eigenvalue weighted by atomic mass is 10.0. The van der Waals surface area contributed by atoms with Crippen LogP contribution in [0.3, 0.4) is 0 Å². The molecule has 0 radical (unpaired) electrons. The van der Waals surface area contributed by atoms with Crippen molar-refractivity contribution in [2.45, 2.75) is 31.5 Å². The van der Waals surface area contributed by atoms with E-state index in [2.05, 4.69) is 0 Å². The van der Waals surface area contributed by atoms with Crippen molar-refractivity contribution < 1.29 is 22.8 Å². The van der Waals surface area contributed by atoms with Gasteiger partial charge in [0, 0.05) is 19.1 Å². The number of halogens is 3. The fraction of sp³-hybridized carbons (Fsp3) is 0.818. The zero-order chi connectivity index (χ0) is 13.9. The van der Waals surface area contributed by atoms with Gasteiger partial charge in [-0.25, -0.2) is 0 Å². The normalized spacial score (nSPS) is 18.2. The predicted octanol–water partition coefficient (Wildman–Crippen LogP) is 1.06. The monoisotopic (exact) mass is 266 g/mol. The third-order valence-corrected chi connectivity index (χ3v) is 3.18. The number of carbonyl (C=O) groups is 2. The minimum Gasteiger partial charge on any atom is -0.342 e. The molecule has 1 aliphatic heterocycles. The van der Waals surface area contributed by atoms with Crippen LogP contribution in [0.15, 0.2) is 0 Å². The van der Waals surface area contributed by atoms with Crippen LogP contribution in [0, 0.1) is 0 Å². The second-order valence-corrected chi connectivity index (χ2v) is 4.67. The molecule has 0 bridgehead atoms. The number of hydrogen-bond acceptors (Lipinski definition) is 3. The molecule has 7 heteroatoms. The fourth-order valence-electron chi connectivity index (χ4n) is 1.98. The molecule has 0 N–H and O–H groups in total. The number of ketones is 1. The minimum absolute atomic E-state index is 0.340. The lowest BCUT2D eigenvalue weighted by Crippen LogP contribution is -2.45. The Kier molecular flexibility index (Phi) is 4.72. The van der Waals surface area contributed by atoms with Crippen LogP contribution < -0.4 is 0 Å². The topological polar surface area (TPSA) is 40.6 Å². The highest BCUT2D eigenvalue weighted by Gasteiger charge is 2.40. The number of hydrogen-bond donors (Lipinski definition) is 0. The maximum atomic E-state index is 12.0. The first-order valence-electron chi connectivity index (χ1n) is 5.76. The number of piperidine rings is 1. The Morgan fingerprint density at radius 3 is 2.11 bits per heavy atom. The van der Waals surface area contributed by atoms with Crippen molar-refractivity contribution in [3.8, 4) is 0 Å². The minimum atomic E-state index is -4.92. The lowest BCUT2D eigenvalue weighted by molar-refractivity contribution is -0.173. The average molecular weight is 266 g/mol. The number of amides is 1. The van der Waals surface area contributed by atoms with Gasteiger partial charge < -0.3 is 9.80 Å². The van der Waals surface area contributed by atoms with Crippen molar-refractivity contribution in [1.29, 1.82) is 0 Å². The predicted molar refractivity (Wildman–Crippen MR) is 59.0 cm³/mol. The van der Waals surface area contributed by atoms with Gasteiger partial charge in [0.25, 0.3) is 0 Å². The van der Waals surface area contributed by atoms with Crippen LogP contribution in [0.4, 0.5) is 13.2 Å². The van der Waals surface area contributed by atoms with Gasteiger partial charge in [0.05, 0.1) is 6.42 Å². The van der Waals surface area contributed by atoms with E-state index in [-0.39, 0.29) is 0 Å². The summed E-state index contributed by atoms with van der Waals surface area (Å²) in [4.78, 5) is 25.6. The van der Waals surface area contributed by atoms with E-state index in [1.165, 1.54) is 4.90 Å². The van der Waals surface area contributed by atoms with Gasteiger partial charge >= 0.3 is 6.18 Å². The number of Topliss-reactive ketones (excluding diaryl/α,β-unsaturated/α-hetero) is 1. The molecular weight excluding hydrogens is 249 g/mol. The molecule has 0 atom stereocenters. The average Bonchev–Trinajstić information content (AvgIpc) is 2.27. The molecule has 0 aromatic heterocycles. The van der Waals surface area contributed by atoms with Gasteiger partial charge in [-0.2, -0.15) is 13.2 Å². The molecule has 1 rings (SSSR count). The van der Waals surface area contributed by atoms with Crippen LogP contribution in [0.25, 0.3) is 0 Å². The molecule has 0 saturated carbocycles. The molecule has 0 unspecified atom stereocenters. The van der Waals surface area contributed by atoms with E-state index in [1.54, 1.807) is 0 Å². The van der Waals surface area contributed by atoms with E-state index in [9.17, 15) is 22.8 Å². The molecular formula is C11H17F3N2O2. The van der Waals surface area contributed by atoms with E-state index in [1.807, 2.05) is 19.0 Å². The van der Waals surface area contributed by atoms with Crippen molar-refractivity contribution in [3.05, 3.63) is 0 Å². The Labute approximate surface area is 104 Å². The smallest absolute Gasteiger partial charge is 0.342 e. The first-order chi connectivity index (χ1) is 8.21. The van der Waals surface area contributed by atoms with Crippen LogP contribution in [0.5, 0.6) is 0 Å². The SMILES string of the molecule is CN(C)C1CCN(C(=O)CC(=O)C(F)(F)F)CC1. The van der Waals surface area contributed by atoms with Crippen LogP contribution in [0.2, 0.25) is 0 Å². The van der Waals surface area contributed by atoms with E-state index in [4.69, 9.17) is 0 Å². The summed E-state index contributed by atoms with van der Waals surface area (Å²) in [5, 5.41) is 0. The number of likely N-dealkylation sites (tertiary alicyclic amines) is 1. The molecule has 0 aromatic carbocycles. The summed E-state index contributed by atoms with van der Waals surface area (Å²) >= 11 is 0. The van der Waals surface area contributed by atoms with E-state index < -0.39 is 24.3 Å². The Bertz CT molecular complexity index is 321. The van der Waals surface area contributed by atoms with Gasteiger partial charge in [-0.3, -0.25) is 9.59 Å². The molecule has 0 spiro atoms. The highest BCUT2D eigenvalue weighted by molar-refractivity contribution is 6.00. The maximum Gasteiger partial charge on any atom is 0.450 e. The van der Waals surface area contributed by atoms with Gasteiger partial charge in [0.15, 0.2) is 0 Å². The first-order valence-corrected chi connectivity index (χ1v) is 5.76. The molecule has 0 aliphatic carbocycles. The van der Waals surface area contributed by atoms with Gasteiger partial charge in [0.2, 0.25) is 11.7 Å². The third kappa shape index (κ3) is 3.97. The summed E-state index contributed by atoms with van der Waals surface area (Å²) in [6.07, 6.45) is -4.55. The summed E-state index contributed by atoms with van der Waals surface area (Å²) < 4.78 is 36.1. The maximum absolute atomic E-state index is 12.0. The second-order valence-electron chi connectivity index (χ2n) is 4.67. The zero-order valence-corrected chi connectivity index (χ0v) is 10.5. The molecule has 1 saturated heterocycles. The Morgan fingerprint density at radius 2 is 1.72 bits per heavy atom. The van der Waals surface area contributed by atoms with Crippen molar-refractivity contribution in [3.63, 3.8) is 0 Å². The largest absolute Gasteiger partial charge is 0.450 e. The molecule has 18 heavy (non-hydrogen) atoms. The number of nitrogens with zero attached hydrogens (tertiary/aromatic N) is 2. The highest BCUT2D eigenvalue weighted by atomic mass is 19.4. The van der Waals surface area contributed by atoms with Gasteiger partial charge in [0.1, 0.15) is 0 Å². The van der Waals surface area contributed by atoms with E-state index in [0.29, 0.717) is 19.1 Å². The molecule has 0 aromatic rings. The van der Waals surface area contributed by atoms with Crippen molar-refractivity contribution in [1.82, 2.24) is 9.80 Å².